The van der Waals surface area contributed by atoms with Gasteiger partial charge in [-0.25, -0.2) is 13.2 Å². The Morgan fingerprint density at radius 3 is 2.38 bits per heavy atom. The molecule has 0 atom stereocenters. The Kier molecular flexibility index (Phi) is 5.03. The van der Waals surface area contributed by atoms with Gasteiger partial charge in [0, 0.05) is 11.6 Å². The monoisotopic (exact) mass is 364 g/mol. The summed E-state index contributed by atoms with van der Waals surface area (Å²) in [5.41, 5.74) is 0.840. The number of halogens is 3. The van der Waals surface area contributed by atoms with Crippen LogP contribution in [-0.4, -0.2) is 12.6 Å². The van der Waals surface area contributed by atoms with E-state index < -0.39 is 17.5 Å². The molecule has 2 aromatic carbocycles. The Bertz CT molecular complexity index is 819. The first kappa shape index (κ1) is 18.4. The second-order valence-corrected chi connectivity index (χ2v) is 6.89. The minimum Gasteiger partial charge on any atom is -0.494 e. The number of rotatable bonds is 7. The average Bonchev–Trinajstić information content (AvgIpc) is 3.35. The molecule has 26 heavy (non-hydrogen) atoms. The van der Waals surface area contributed by atoms with Crippen LogP contribution in [0.3, 0.4) is 0 Å². The van der Waals surface area contributed by atoms with Gasteiger partial charge in [0.05, 0.1) is 12.8 Å². The van der Waals surface area contributed by atoms with Gasteiger partial charge in [-0.1, -0.05) is 19.4 Å². The zero-order chi connectivity index (χ0) is 18.9. The van der Waals surface area contributed by atoms with Crippen LogP contribution in [0.2, 0.25) is 0 Å². The predicted molar refractivity (Wildman–Crippen MR) is 97.8 cm³/mol. The highest BCUT2D eigenvalue weighted by Gasteiger charge is 2.43. The molecule has 2 N–H and O–H groups in total. The van der Waals surface area contributed by atoms with E-state index >= 15 is 0 Å². The first-order valence-corrected chi connectivity index (χ1v) is 8.76. The minimum absolute atomic E-state index is 0.0746. The molecule has 3 rings (SSSR count). The largest absolute Gasteiger partial charge is 0.494 e. The summed E-state index contributed by atoms with van der Waals surface area (Å²) in [5.74, 6) is -2.47. The lowest BCUT2D eigenvalue weighted by atomic mass is 10.1. The zero-order valence-electron chi connectivity index (χ0n) is 15.2. The van der Waals surface area contributed by atoms with Gasteiger partial charge in [-0.3, -0.25) is 0 Å². The lowest BCUT2D eigenvalue weighted by molar-refractivity contribution is 0.408. The van der Waals surface area contributed by atoms with Crippen molar-refractivity contribution in [3.8, 4) is 5.75 Å². The van der Waals surface area contributed by atoms with Gasteiger partial charge in [0.1, 0.15) is 22.9 Å². The van der Waals surface area contributed by atoms with E-state index in [-0.39, 0.29) is 22.7 Å². The van der Waals surface area contributed by atoms with Gasteiger partial charge in [-0.15, -0.1) is 0 Å². The van der Waals surface area contributed by atoms with E-state index in [0.717, 1.165) is 37.3 Å². The van der Waals surface area contributed by atoms with Crippen LogP contribution in [-0.2, 0) is 0 Å². The third kappa shape index (κ3) is 3.59. The summed E-state index contributed by atoms with van der Waals surface area (Å²) in [5, 5.41) is 6.03. The Morgan fingerprint density at radius 2 is 1.81 bits per heavy atom. The second kappa shape index (κ2) is 7.09. The molecule has 1 saturated carbocycles. The molecule has 0 aromatic heterocycles. The molecular weight excluding hydrogens is 341 g/mol. The van der Waals surface area contributed by atoms with Crippen molar-refractivity contribution in [1.82, 2.24) is 0 Å². The Morgan fingerprint density at radius 1 is 1.08 bits per heavy atom. The second-order valence-electron chi connectivity index (χ2n) is 6.89. The van der Waals surface area contributed by atoms with Gasteiger partial charge in [-0.2, -0.15) is 0 Å². The van der Waals surface area contributed by atoms with Crippen molar-refractivity contribution < 1.29 is 17.9 Å². The van der Waals surface area contributed by atoms with Crippen molar-refractivity contribution in [1.29, 1.82) is 0 Å². The van der Waals surface area contributed by atoms with Crippen LogP contribution in [0.1, 0.15) is 38.2 Å². The SMILES string of the molecule is CCCC1(Nc2c(OC)cc(F)c(F)c2Nc2ccc(C)cc2F)CC1. The first-order chi connectivity index (χ1) is 12.4. The van der Waals surface area contributed by atoms with Crippen molar-refractivity contribution in [3.05, 3.63) is 47.3 Å². The summed E-state index contributed by atoms with van der Waals surface area (Å²) >= 11 is 0. The fraction of sp³-hybridized carbons (Fsp3) is 0.400. The summed E-state index contributed by atoms with van der Waals surface area (Å²) in [6, 6.07) is 5.55. The molecule has 0 bridgehead atoms. The maximum Gasteiger partial charge on any atom is 0.184 e. The number of anilines is 3. The molecule has 0 unspecified atom stereocenters. The van der Waals surface area contributed by atoms with Crippen molar-refractivity contribution in [3.63, 3.8) is 0 Å². The molecule has 1 aliphatic carbocycles. The van der Waals surface area contributed by atoms with Crippen LogP contribution in [0, 0.1) is 24.4 Å². The lowest BCUT2D eigenvalue weighted by Gasteiger charge is -2.24. The number of nitrogens with one attached hydrogen (secondary N) is 2. The van der Waals surface area contributed by atoms with Gasteiger partial charge in [0.15, 0.2) is 11.6 Å². The van der Waals surface area contributed by atoms with E-state index in [4.69, 9.17) is 4.74 Å². The quantitative estimate of drug-likeness (QED) is 0.641. The van der Waals surface area contributed by atoms with Crippen LogP contribution in [0.4, 0.5) is 30.2 Å². The molecule has 0 radical (unpaired) electrons. The van der Waals surface area contributed by atoms with E-state index in [9.17, 15) is 13.2 Å². The van der Waals surface area contributed by atoms with Crippen LogP contribution in [0.5, 0.6) is 5.75 Å². The van der Waals surface area contributed by atoms with Crippen molar-refractivity contribution in [2.45, 2.75) is 45.1 Å². The van der Waals surface area contributed by atoms with E-state index in [2.05, 4.69) is 17.6 Å². The molecule has 0 heterocycles. The maximum absolute atomic E-state index is 14.6. The molecular formula is C20H23F3N2O. The van der Waals surface area contributed by atoms with Crippen LogP contribution in [0.25, 0.3) is 0 Å². The van der Waals surface area contributed by atoms with Crippen molar-refractivity contribution >= 4 is 17.1 Å². The molecule has 0 amide bonds. The van der Waals surface area contributed by atoms with Gasteiger partial charge >= 0.3 is 0 Å². The Balaban J connectivity index is 2.05. The predicted octanol–water partition coefficient (Wildman–Crippen LogP) is 5.91. The molecule has 3 nitrogen and oxygen atoms in total. The lowest BCUT2D eigenvalue weighted by Crippen LogP contribution is -2.22. The van der Waals surface area contributed by atoms with Crippen molar-refractivity contribution in [2.75, 3.05) is 17.7 Å². The van der Waals surface area contributed by atoms with Crippen LogP contribution in [0.15, 0.2) is 24.3 Å². The highest BCUT2D eigenvalue weighted by molar-refractivity contribution is 5.81. The third-order valence-electron chi connectivity index (χ3n) is 4.76. The number of ether oxygens (including phenoxy) is 1. The highest BCUT2D eigenvalue weighted by Crippen LogP contribution is 2.48. The molecule has 0 spiro atoms. The van der Waals surface area contributed by atoms with Gasteiger partial charge in [-0.05, 0) is 43.9 Å². The molecule has 140 valence electrons. The minimum atomic E-state index is -1.07. The smallest absolute Gasteiger partial charge is 0.184 e. The number of benzene rings is 2. The summed E-state index contributed by atoms with van der Waals surface area (Å²) < 4.78 is 48.1. The van der Waals surface area contributed by atoms with Gasteiger partial charge < -0.3 is 15.4 Å². The molecule has 1 aliphatic rings. The van der Waals surface area contributed by atoms with Crippen LogP contribution < -0.4 is 15.4 Å². The fourth-order valence-electron chi connectivity index (χ4n) is 3.19. The summed E-state index contributed by atoms with van der Waals surface area (Å²) in [4.78, 5) is 0. The van der Waals surface area contributed by atoms with E-state index in [1.54, 1.807) is 13.0 Å². The van der Waals surface area contributed by atoms with E-state index in [1.165, 1.54) is 19.2 Å². The number of aryl methyl sites for hydroxylation is 1. The fourth-order valence-corrected chi connectivity index (χ4v) is 3.19. The maximum atomic E-state index is 14.6. The normalized spacial score (nSPS) is 14.8. The molecule has 2 aromatic rings. The van der Waals surface area contributed by atoms with Gasteiger partial charge in [0.25, 0.3) is 0 Å². The molecule has 6 heteroatoms. The van der Waals surface area contributed by atoms with E-state index in [1.807, 2.05) is 0 Å². The van der Waals surface area contributed by atoms with Crippen molar-refractivity contribution in [2.24, 2.45) is 0 Å². The summed E-state index contributed by atoms with van der Waals surface area (Å²) in [6.07, 6.45) is 3.77. The Labute approximate surface area is 151 Å². The highest BCUT2D eigenvalue weighted by atomic mass is 19.2. The summed E-state index contributed by atoms with van der Waals surface area (Å²) in [6.45, 7) is 3.83. The standard InChI is InChI=1S/C20H23F3N2O/c1-4-7-20(8-9-20)25-18-16(26-3)11-14(22)17(23)19(18)24-15-6-5-12(2)10-13(15)21/h5-6,10-11,24-25H,4,7-9H2,1-3H3. The van der Waals surface area contributed by atoms with Crippen LogP contribution >= 0.6 is 0 Å². The number of methoxy groups -OCH3 is 1. The number of hydrogen-bond donors (Lipinski definition) is 2. The number of hydrogen-bond acceptors (Lipinski definition) is 3. The topological polar surface area (TPSA) is 33.3 Å². The molecule has 1 fully saturated rings. The zero-order valence-corrected chi connectivity index (χ0v) is 15.2. The molecule has 0 saturated heterocycles. The third-order valence-corrected chi connectivity index (χ3v) is 4.76. The Hall–Kier alpha value is -2.37. The summed E-state index contributed by atoms with van der Waals surface area (Å²) in [7, 11) is 1.40. The first-order valence-electron chi connectivity index (χ1n) is 8.76. The molecule has 0 aliphatic heterocycles. The van der Waals surface area contributed by atoms with Gasteiger partial charge in [0.2, 0.25) is 0 Å². The van der Waals surface area contributed by atoms with E-state index in [0.29, 0.717) is 5.69 Å². The average molecular weight is 364 g/mol.